The molecule has 2 heterocycles. The highest BCUT2D eigenvalue weighted by atomic mass is 16.5. The summed E-state index contributed by atoms with van der Waals surface area (Å²) >= 11 is 0. The molecule has 1 aliphatic heterocycles. The first-order chi connectivity index (χ1) is 9.18. The average Bonchev–Trinajstić information content (AvgIpc) is 3.08. The Morgan fingerprint density at radius 1 is 1.53 bits per heavy atom. The molecule has 4 heteroatoms. The maximum atomic E-state index is 9.97. The number of rotatable bonds is 5. The summed E-state index contributed by atoms with van der Waals surface area (Å²) in [5.41, 5.74) is 2.27. The van der Waals surface area contributed by atoms with E-state index < -0.39 is 0 Å². The summed E-state index contributed by atoms with van der Waals surface area (Å²) < 4.78 is 7.91. The molecule has 2 atom stereocenters. The maximum absolute atomic E-state index is 9.97. The summed E-state index contributed by atoms with van der Waals surface area (Å²) in [4.78, 5) is 0. The van der Waals surface area contributed by atoms with Crippen molar-refractivity contribution < 1.29 is 9.84 Å². The zero-order chi connectivity index (χ0) is 13.5. The highest BCUT2D eigenvalue weighted by Gasteiger charge is 2.50. The van der Waals surface area contributed by atoms with Crippen LogP contribution in [0.25, 0.3) is 0 Å². The molecule has 0 amide bonds. The van der Waals surface area contributed by atoms with Gasteiger partial charge in [-0.1, -0.05) is 6.92 Å². The third kappa shape index (κ3) is 2.32. The van der Waals surface area contributed by atoms with Gasteiger partial charge in [0.2, 0.25) is 0 Å². The zero-order valence-electron chi connectivity index (χ0n) is 11.9. The first-order valence-corrected chi connectivity index (χ1v) is 7.43. The Bertz CT molecular complexity index is 453. The molecular weight excluding hydrogens is 240 g/mol. The lowest BCUT2D eigenvalue weighted by Gasteiger charge is -2.32. The Morgan fingerprint density at radius 3 is 2.89 bits per heavy atom. The number of ether oxygens (including phenoxy) is 1. The van der Waals surface area contributed by atoms with E-state index >= 15 is 0 Å². The number of hydrogen-bond donors (Lipinski definition) is 1. The number of aliphatic hydroxyl groups is 1. The Morgan fingerprint density at radius 2 is 2.32 bits per heavy atom. The van der Waals surface area contributed by atoms with Crippen LogP contribution in [0.2, 0.25) is 0 Å². The molecule has 0 radical (unpaired) electrons. The lowest BCUT2D eigenvalue weighted by molar-refractivity contribution is -0.000304. The Hall–Kier alpha value is -0.870. The van der Waals surface area contributed by atoms with Gasteiger partial charge in [0.05, 0.1) is 18.4 Å². The first-order valence-electron chi connectivity index (χ1n) is 7.43. The van der Waals surface area contributed by atoms with Crippen LogP contribution in [0.1, 0.15) is 37.6 Å². The molecule has 1 saturated heterocycles. The van der Waals surface area contributed by atoms with Crippen LogP contribution >= 0.6 is 0 Å². The molecule has 3 rings (SSSR count). The van der Waals surface area contributed by atoms with Gasteiger partial charge in [0, 0.05) is 24.8 Å². The zero-order valence-corrected chi connectivity index (χ0v) is 11.9. The summed E-state index contributed by atoms with van der Waals surface area (Å²) in [5, 5.41) is 14.5. The monoisotopic (exact) mass is 264 g/mol. The molecular formula is C15H24N2O2. The van der Waals surface area contributed by atoms with Gasteiger partial charge in [0.15, 0.2) is 0 Å². The molecule has 0 bridgehead atoms. The van der Waals surface area contributed by atoms with Crippen molar-refractivity contribution in [3.63, 3.8) is 0 Å². The van der Waals surface area contributed by atoms with Crippen molar-refractivity contribution >= 4 is 0 Å². The van der Waals surface area contributed by atoms with E-state index in [-0.39, 0.29) is 18.1 Å². The second kappa shape index (κ2) is 4.91. The van der Waals surface area contributed by atoms with Crippen molar-refractivity contribution in [2.75, 3.05) is 13.2 Å². The normalized spacial score (nSPS) is 31.0. The van der Waals surface area contributed by atoms with Crippen molar-refractivity contribution in [1.82, 2.24) is 9.78 Å². The van der Waals surface area contributed by atoms with Gasteiger partial charge in [-0.15, -0.1) is 0 Å². The molecule has 1 aromatic heterocycles. The summed E-state index contributed by atoms with van der Waals surface area (Å²) in [6, 6.07) is 2.18. The summed E-state index contributed by atoms with van der Waals surface area (Å²) in [6.07, 6.45) is 5.58. The van der Waals surface area contributed by atoms with Crippen LogP contribution in [0, 0.1) is 11.3 Å². The van der Waals surface area contributed by atoms with E-state index in [0.29, 0.717) is 5.92 Å². The molecule has 1 saturated carbocycles. The van der Waals surface area contributed by atoms with Crippen LogP contribution in [0.15, 0.2) is 6.07 Å². The second-order valence-electron chi connectivity index (χ2n) is 6.18. The molecule has 4 nitrogen and oxygen atoms in total. The smallest absolute Gasteiger partial charge is 0.0685 e. The minimum atomic E-state index is -0.0834. The van der Waals surface area contributed by atoms with E-state index in [4.69, 9.17) is 4.74 Å². The average molecular weight is 264 g/mol. The number of aliphatic hydroxyl groups excluding tert-OH is 1. The predicted molar refractivity (Wildman–Crippen MR) is 72.9 cm³/mol. The molecule has 1 aliphatic carbocycles. The topological polar surface area (TPSA) is 47.3 Å². The molecule has 2 unspecified atom stereocenters. The Labute approximate surface area is 114 Å². The number of aromatic nitrogens is 2. The second-order valence-corrected chi connectivity index (χ2v) is 6.18. The van der Waals surface area contributed by atoms with Crippen LogP contribution in [0.4, 0.5) is 0 Å². The summed E-state index contributed by atoms with van der Waals surface area (Å²) in [7, 11) is 2.00. The van der Waals surface area contributed by atoms with Crippen LogP contribution in [-0.2, 0) is 24.6 Å². The van der Waals surface area contributed by atoms with Crippen molar-refractivity contribution in [3.8, 4) is 0 Å². The molecule has 19 heavy (non-hydrogen) atoms. The van der Waals surface area contributed by atoms with E-state index in [0.717, 1.165) is 31.6 Å². The van der Waals surface area contributed by atoms with Gasteiger partial charge < -0.3 is 9.84 Å². The van der Waals surface area contributed by atoms with Crippen LogP contribution in [0.3, 0.4) is 0 Å². The van der Waals surface area contributed by atoms with Crippen LogP contribution in [0.5, 0.6) is 0 Å². The maximum Gasteiger partial charge on any atom is 0.0685 e. The largest absolute Gasteiger partial charge is 0.396 e. The summed E-state index contributed by atoms with van der Waals surface area (Å²) in [5.74, 6) is 0.675. The third-order valence-corrected chi connectivity index (χ3v) is 4.79. The minimum absolute atomic E-state index is 0.0834. The van der Waals surface area contributed by atoms with Gasteiger partial charge in [-0.3, -0.25) is 4.68 Å². The Balaban J connectivity index is 1.83. The molecule has 1 N–H and O–H groups in total. The van der Waals surface area contributed by atoms with Crippen molar-refractivity contribution in [1.29, 1.82) is 0 Å². The number of hydrogen-bond acceptors (Lipinski definition) is 3. The van der Waals surface area contributed by atoms with Crippen molar-refractivity contribution in [2.45, 2.75) is 45.1 Å². The van der Waals surface area contributed by atoms with Gasteiger partial charge in [0.25, 0.3) is 0 Å². The van der Waals surface area contributed by atoms with Crippen LogP contribution in [-0.4, -0.2) is 34.2 Å². The van der Waals surface area contributed by atoms with E-state index in [1.165, 1.54) is 18.5 Å². The van der Waals surface area contributed by atoms with Gasteiger partial charge >= 0.3 is 0 Å². The quantitative estimate of drug-likeness (QED) is 0.880. The van der Waals surface area contributed by atoms with Crippen molar-refractivity contribution in [2.24, 2.45) is 18.4 Å². The standard InChI is InChI=1S/C15H24N2O2/c1-3-12-8-13(17(2)16-12)9-15(10-18)6-7-19-14(15)11-4-5-11/h8,11,14,18H,3-7,9-10H2,1-2H3. The van der Waals surface area contributed by atoms with E-state index in [1.54, 1.807) is 0 Å². The van der Waals surface area contributed by atoms with Gasteiger partial charge in [-0.25, -0.2) is 0 Å². The molecule has 106 valence electrons. The van der Waals surface area contributed by atoms with E-state index in [9.17, 15) is 5.11 Å². The van der Waals surface area contributed by atoms with Crippen LogP contribution < -0.4 is 0 Å². The summed E-state index contributed by atoms with van der Waals surface area (Å²) in [6.45, 7) is 3.14. The Kier molecular flexibility index (Phi) is 3.39. The highest BCUT2D eigenvalue weighted by molar-refractivity contribution is 5.15. The van der Waals surface area contributed by atoms with Gasteiger partial charge in [0.1, 0.15) is 0 Å². The SMILES string of the molecule is CCc1cc(CC2(CO)CCOC2C2CC2)n(C)n1. The lowest BCUT2D eigenvalue weighted by Crippen LogP contribution is -2.38. The molecule has 2 fully saturated rings. The predicted octanol–water partition coefficient (Wildman–Crippen LogP) is 1.70. The van der Waals surface area contributed by atoms with E-state index in [1.807, 2.05) is 11.7 Å². The molecule has 0 aromatic carbocycles. The third-order valence-electron chi connectivity index (χ3n) is 4.79. The van der Waals surface area contributed by atoms with Crippen molar-refractivity contribution in [3.05, 3.63) is 17.5 Å². The molecule has 0 spiro atoms. The fraction of sp³-hybridized carbons (Fsp3) is 0.800. The highest BCUT2D eigenvalue weighted by Crippen LogP contribution is 2.49. The number of nitrogens with zero attached hydrogens (tertiary/aromatic N) is 2. The lowest BCUT2D eigenvalue weighted by atomic mass is 9.76. The fourth-order valence-electron chi connectivity index (χ4n) is 3.43. The van der Waals surface area contributed by atoms with Gasteiger partial charge in [-0.2, -0.15) is 5.10 Å². The minimum Gasteiger partial charge on any atom is -0.396 e. The fourth-order valence-corrected chi connectivity index (χ4v) is 3.43. The van der Waals surface area contributed by atoms with Gasteiger partial charge in [-0.05, 0) is 44.1 Å². The first kappa shape index (κ1) is 13.1. The molecule has 1 aromatic rings. The van der Waals surface area contributed by atoms with E-state index in [2.05, 4.69) is 18.1 Å². The number of aryl methyl sites for hydroxylation is 2. The molecule has 2 aliphatic rings.